The van der Waals surface area contributed by atoms with E-state index in [1.807, 2.05) is 54.6 Å². The molecule has 1 fully saturated rings. The van der Waals surface area contributed by atoms with Gasteiger partial charge in [0.2, 0.25) is 11.8 Å². The van der Waals surface area contributed by atoms with Crippen molar-refractivity contribution in [3.8, 4) is 5.75 Å². The Morgan fingerprint density at radius 3 is 2.76 bits per heavy atom. The van der Waals surface area contributed by atoms with Crippen LogP contribution in [-0.2, 0) is 16.0 Å². The molecule has 2 atom stereocenters. The SMILES string of the molecule is COc1cccc(CC(=O)N[C@@H]2CCC(=O)N[C@@H]2c2ccccc2)c1. The molecule has 1 saturated heterocycles. The Balaban J connectivity index is 1.68. The number of hydrogen-bond donors (Lipinski definition) is 2. The Kier molecular flexibility index (Phi) is 5.33. The van der Waals surface area contributed by atoms with Crippen molar-refractivity contribution in [2.75, 3.05) is 7.11 Å². The number of carbonyl (C=O) groups excluding carboxylic acids is 2. The second kappa shape index (κ2) is 7.83. The Morgan fingerprint density at radius 2 is 2.00 bits per heavy atom. The monoisotopic (exact) mass is 338 g/mol. The summed E-state index contributed by atoms with van der Waals surface area (Å²) in [6, 6.07) is 16.9. The molecule has 1 aliphatic rings. The normalized spacial score (nSPS) is 19.8. The van der Waals surface area contributed by atoms with Crippen molar-refractivity contribution in [2.24, 2.45) is 0 Å². The standard InChI is InChI=1S/C20H22N2O3/c1-25-16-9-5-6-14(12-16)13-19(24)21-17-10-11-18(23)22-20(17)15-7-3-2-4-8-15/h2-9,12,17,20H,10-11,13H2,1H3,(H,21,24)(H,22,23)/t17-,20-/m1/s1. The average molecular weight is 338 g/mol. The molecule has 0 bridgehead atoms. The second-order valence-electron chi connectivity index (χ2n) is 6.20. The van der Waals surface area contributed by atoms with Crippen LogP contribution in [0.3, 0.4) is 0 Å². The van der Waals surface area contributed by atoms with E-state index in [0.29, 0.717) is 12.8 Å². The summed E-state index contributed by atoms with van der Waals surface area (Å²) in [6.45, 7) is 0. The van der Waals surface area contributed by atoms with Crippen LogP contribution in [0.25, 0.3) is 0 Å². The fourth-order valence-electron chi connectivity index (χ4n) is 3.16. The van der Waals surface area contributed by atoms with Gasteiger partial charge in [-0.1, -0.05) is 42.5 Å². The van der Waals surface area contributed by atoms with Crippen molar-refractivity contribution in [2.45, 2.75) is 31.3 Å². The molecule has 3 rings (SSSR count). The smallest absolute Gasteiger partial charge is 0.224 e. The van der Waals surface area contributed by atoms with Crippen molar-refractivity contribution in [3.63, 3.8) is 0 Å². The summed E-state index contributed by atoms with van der Waals surface area (Å²) in [5, 5.41) is 6.08. The van der Waals surface area contributed by atoms with Crippen LogP contribution in [0.5, 0.6) is 5.75 Å². The fourth-order valence-corrected chi connectivity index (χ4v) is 3.16. The van der Waals surface area contributed by atoms with Crippen molar-refractivity contribution in [3.05, 3.63) is 65.7 Å². The van der Waals surface area contributed by atoms with Crippen LogP contribution in [0.1, 0.15) is 30.0 Å². The first-order valence-electron chi connectivity index (χ1n) is 8.42. The van der Waals surface area contributed by atoms with Crippen LogP contribution in [0.4, 0.5) is 0 Å². The third-order valence-electron chi connectivity index (χ3n) is 4.41. The zero-order chi connectivity index (χ0) is 17.6. The van der Waals surface area contributed by atoms with Gasteiger partial charge in [-0.05, 0) is 29.7 Å². The first-order valence-corrected chi connectivity index (χ1v) is 8.42. The molecule has 2 aromatic carbocycles. The minimum absolute atomic E-state index is 0.0205. The highest BCUT2D eigenvalue weighted by Gasteiger charge is 2.30. The number of ether oxygens (including phenoxy) is 1. The van der Waals surface area contributed by atoms with E-state index in [1.54, 1.807) is 7.11 Å². The van der Waals surface area contributed by atoms with Crippen molar-refractivity contribution in [1.29, 1.82) is 0 Å². The van der Waals surface area contributed by atoms with Gasteiger partial charge < -0.3 is 15.4 Å². The largest absolute Gasteiger partial charge is 0.497 e. The summed E-state index contributed by atoms with van der Waals surface area (Å²) < 4.78 is 5.19. The van der Waals surface area contributed by atoms with Crippen molar-refractivity contribution in [1.82, 2.24) is 10.6 Å². The van der Waals surface area contributed by atoms with E-state index in [-0.39, 0.29) is 30.3 Å². The lowest BCUT2D eigenvalue weighted by Crippen LogP contribution is -2.50. The van der Waals surface area contributed by atoms with Crippen LogP contribution < -0.4 is 15.4 Å². The van der Waals surface area contributed by atoms with Gasteiger partial charge in [-0.2, -0.15) is 0 Å². The molecular weight excluding hydrogens is 316 g/mol. The topological polar surface area (TPSA) is 67.4 Å². The highest BCUT2D eigenvalue weighted by molar-refractivity contribution is 5.81. The van der Waals surface area contributed by atoms with Crippen LogP contribution in [0, 0.1) is 0 Å². The Labute approximate surface area is 147 Å². The first-order chi connectivity index (χ1) is 12.2. The molecule has 0 aromatic heterocycles. The minimum Gasteiger partial charge on any atom is -0.497 e. The molecule has 5 nitrogen and oxygen atoms in total. The lowest BCUT2D eigenvalue weighted by atomic mass is 9.91. The summed E-state index contributed by atoms with van der Waals surface area (Å²) in [5.74, 6) is 0.694. The van der Waals surface area contributed by atoms with Gasteiger partial charge in [-0.25, -0.2) is 0 Å². The van der Waals surface area contributed by atoms with Crippen LogP contribution >= 0.6 is 0 Å². The maximum Gasteiger partial charge on any atom is 0.224 e. The average Bonchev–Trinajstić information content (AvgIpc) is 2.64. The molecule has 0 unspecified atom stereocenters. The second-order valence-corrected chi connectivity index (χ2v) is 6.20. The molecule has 0 saturated carbocycles. The predicted octanol–water partition coefficient (Wildman–Crippen LogP) is 2.37. The molecule has 2 aromatic rings. The van der Waals surface area contributed by atoms with Crippen LogP contribution in [0.2, 0.25) is 0 Å². The number of methoxy groups -OCH3 is 1. The maximum absolute atomic E-state index is 12.5. The van der Waals surface area contributed by atoms with Gasteiger partial charge >= 0.3 is 0 Å². The third-order valence-corrected chi connectivity index (χ3v) is 4.41. The highest BCUT2D eigenvalue weighted by Crippen LogP contribution is 2.24. The van der Waals surface area contributed by atoms with E-state index >= 15 is 0 Å². The third kappa shape index (κ3) is 4.38. The zero-order valence-electron chi connectivity index (χ0n) is 14.2. The van der Waals surface area contributed by atoms with E-state index in [1.165, 1.54) is 0 Å². The number of nitrogens with one attached hydrogen (secondary N) is 2. The molecule has 0 radical (unpaired) electrons. The van der Waals surface area contributed by atoms with Gasteiger partial charge in [-0.3, -0.25) is 9.59 Å². The molecule has 5 heteroatoms. The summed E-state index contributed by atoms with van der Waals surface area (Å²) in [6.07, 6.45) is 1.34. The molecule has 0 aliphatic carbocycles. The number of rotatable bonds is 5. The van der Waals surface area contributed by atoms with Crippen molar-refractivity contribution >= 4 is 11.8 Å². The molecular formula is C20H22N2O3. The summed E-state index contributed by atoms with van der Waals surface area (Å²) >= 11 is 0. The molecule has 1 aliphatic heterocycles. The van der Waals surface area contributed by atoms with Gasteiger partial charge in [0.1, 0.15) is 5.75 Å². The van der Waals surface area contributed by atoms with Gasteiger partial charge in [0.25, 0.3) is 0 Å². The van der Waals surface area contributed by atoms with Gasteiger partial charge in [0.15, 0.2) is 0 Å². The quantitative estimate of drug-likeness (QED) is 0.879. The lowest BCUT2D eigenvalue weighted by molar-refractivity contribution is -0.126. The summed E-state index contributed by atoms with van der Waals surface area (Å²) in [5.41, 5.74) is 1.90. The number of benzene rings is 2. The van der Waals surface area contributed by atoms with E-state index in [2.05, 4.69) is 10.6 Å². The highest BCUT2D eigenvalue weighted by atomic mass is 16.5. The molecule has 0 spiro atoms. The molecule has 1 heterocycles. The zero-order valence-corrected chi connectivity index (χ0v) is 14.2. The van der Waals surface area contributed by atoms with Gasteiger partial charge in [-0.15, -0.1) is 0 Å². The molecule has 2 N–H and O–H groups in total. The molecule has 25 heavy (non-hydrogen) atoms. The summed E-state index contributed by atoms with van der Waals surface area (Å²) in [7, 11) is 1.61. The summed E-state index contributed by atoms with van der Waals surface area (Å²) in [4.78, 5) is 24.3. The fraction of sp³-hybridized carbons (Fsp3) is 0.300. The number of hydrogen-bond acceptors (Lipinski definition) is 3. The number of piperidine rings is 1. The van der Waals surface area contributed by atoms with E-state index in [4.69, 9.17) is 4.74 Å². The molecule has 130 valence electrons. The molecule has 2 amide bonds. The lowest BCUT2D eigenvalue weighted by Gasteiger charge is -2.33. The number of carbonyl (C=O) groups is 2. The van der Waals surface area contributed by atoms with Crippen LogP contribution in [-0.4, -0.2) is 25.0 Å². The Hall–Kier alpha value is -2.82. The van der Waals surface area contributed by atoms with Crippen molar-refractivity contribution < 1.29 is 14.3 Å². The van der Waals surface area contributed by atoms with E-state index < -0.39 is 0 Å². The maximum atomic E-state index is 12.5. The van der Waals surface area contributed by atoms with Gasteiger partial charge in [0, 0.05) is 6.42 Å². The van der Waals surface area contributed by atoms with Gasteiger partial charge in [0.05, 0.1) is 25.6 Å². The van der Waals surface area contributed by atoms with E-state index in [0.717, 1.165) is 16.9 Å². The Morgan fingerprint density at radius 1 is 1.20 bits per heavy atom. The van der Waals surface area contributed by atoms with E-state index in [9.17, 15) is 9.59 Å². The first kappa shape index (κ1) is 17.0. The predicted molar refractivity (Wildman–Crippen MR) is 95.2 cm³/mol. The Bertz CT molecular complexity index is 746. The van der Waals surface area contributed by atoms with Crippen LogP contribution in [0.15, 0.2) is 54.6 Å². The number of amides is 2. The minimum atomic E-state index is -0.197.